The molecule has 82 heavy (non-hydrogen) atoms. The Morgan fingerprint density at radius 3 is 0.951 bits per heavy atom. The molecule has 10 aromatic carbocycles. The summed E-state index contributed by atoms with van der Waals surface area (Å²) in [6.07, 6.45) is 8.50. The fourth-order valence-electron chi connectivity index (χ4n) is 12.7. The minimum Gasteiger partial charge on any atom is -0.305 e. The third-order valence-corrected chi connectivity index (χ3v) is 16.3. The number of nitrogens with zero attached hydrogens (tertiary/aromatic N) is 10. The lowest BCUT2D eigenvalue weighted by molar-refractivity contribution is 0.928. The Hall–Kier alpha value is -11.1. The van der Waals surface area contributed by atoms with Gasteiger partial charge < -0.3 is 9.13 Å². The zero-order valence-electron chi connectivity index (χ0n) is 44.1. The molecule has 0 radical (unpaired) electrons. The molecule has 0 spiro atoms. The number of benzene rings is 10. The number of allylic oxidation sites excluding steroid dienone is 4. The Balaban J connectivity index is 1.05. The minimum atomic E-state index is 0.530. The van der Waals surface area contributed by atoms with Gasteiger partial charge in [-0.05, 0) is 49.2 Å². The van der Waals surface area contributed by atoms with Crippen molar-refractivity contribution in [2.75, 3.05) is 0 Å². The molecule has 6 heterocycles. The molecule has 0 amide bonds. The highest BCUT2D eigenvalue weighted by Crippen LogP contribution is 2.48. The van der Waals surface area contributed by atoms with E-state index in [0.29, 0.717) is 35.2 Å². The van der Waals surface area contributed by atoms with Crippen LogP contribution in [0.3, 0.4) is 0 Å². The van der Waals surface area contributed by atoms with Gasteiger partial charge in [-0.3, -0.25) is 9.13 Å². The first-order valence-corrected chi connectivity index (χ1v) is 27.8. The first-order chi connectivity index (χ1) is 40.7. The summed E-state index contributed by atoms with van der Waals surface area (Å²) in [7, 11) is 0. The van der Waals surface area contributed by atoms with E-state index >= 15 is 0 Å². The molecule has 0 atom stereocenters. The highest BCUT2D eigenvalue weighted by Gasteiger charge is 2.29. The number of aromatic nitrogens is 10. The standard InChI is InChI=1S/C72H46N10/c1-7-23-45(24-8-1)67-73-68(46-25-9-2-10-26-46)76-71(75-67)81-59-37-21-19-35-51(59)53-39-41-57-55-43-44-56-58-42-40-54-52-36-20-22-38-60(52)82(72-77-69(47-27-11-3-12-28-47)74-70(78-72)48-29-13-4-14-30-48)66(54)64(58)80(50-33-17-6-18-34-50)62(56)61(55)79(63(57)65(53)81)49-31-15-5-16-32-49/h1-3,5-13,15-44H,4,14H2. The van der Waals surface area contributed by atoms with Gasteiger partial charge >= 0.3 is 0 Å². The summed E-state index contributed by atoms with van der Waals surface area (Å²) in [6, 6.07) is 83.4. The summed E-state index contributed by atoms with van der Waals surface area (Å²) >= 11 is 0. The van der Waals surface area contributed by atoms with Gasteiger partial charge in [0.25, 0.3) is 0 Å². The lowest BCUT2D eigenvalue weighted by atomic mass is 10.1. The second kappa shape index (κ2) is 18.2. The van der Waals surface area contributed by atoms with Gasteiger partial charge in [-0.1, -0.05) is 218 Å². The van der Waals surface area contributed by atoms with Crippen LogP contribution in [0.25, 0.3) is 150 Å². The number of hydrogen-bond donors (Lipinski definition) is 0. The van der Waals surface area contributed by atoms with Crippen LogP contribution in [0, 0.1) is 0 Å². The summed E-state index contributed by atoms with van der Waals surface area (Å²) in [5.74, 6) is 3.53. The predicted molar refractivity (Wildman–Crippen MR) is 333 cm³/mol. The van der Waals surface area contributed by atoms with Crippen LogP contribution < -0.4 is 0 Å². The number of hydrogen-bond acceptors (Lipinski definition) is 6. The average Bonchev–Trinajstić information content (AvgIpc) is 1.84. The topological polar surface area (TPSA) is 97.1 Å². The normalized spacial score (nSPS) is 12.8. The SMILES string of the molecule is C1=CC(c2nc(-c3ccccc3)nc(-n3c4ccccc4c4ccc5c6ccc7c8ccc9c%10ccccc%10n(-c%10nc(-c%11ccccc%11)nc(-c%11ccccc%11)n%10)c9c8n(-c8ccccc8)c7c6n(-c6ccccc6)c5c43)n2)=CCC1. The molecule has 17 rings (SSSR count). The monoisotopic (exact) mass is 1050 g/mol. The van der Waals surface area contributed by atoms with Crippen LogP contribution in [-0.4, -0.2) is 48.2 Å². The van der Waals surface area contributed by atoms with Crippen molar-refractivity contribution in [2.24, 2.45) is 0 Å². The molecule has 0 bridgehead atoms. The molecule has 1 aliphatic carbocycles. The molecular formula is C72H46N10. The first kappa shape index (κ1) is 45.9. The molecule has 0 N–H and O–H groups in total. The highest BCUT2D eigenvalue weighted by atomic mass is 15.2. The Kier molecular flexibility index (Phi) is 10.2. The van der Waals surface area contributed by atoms with Gasteiger partial charge in [0.15, 0.2) is 23.3 Å². The summed E-state index contributed by atoms with van der Waals surface area (Å²) in [4.78, 5) is 32.0. The average molecular weight is 1050 g/mol. The van der Waals surface area contributed by atoms with Crippen LogP contribution in [0.2, 0.25) is 0 Å². The van der Waals surface area contributed by atoms with Gasteiger partial charge in [0, 0.05) is 76.7 Å². The van der Waals surface area contributed by atoms with E-state index in [1.165, 1.54) is 0 Å². The quantitative estimate of drug-likeness (QED) is 0.150. The maximum absolute atomic E-state index is 5.44. The zero-order chi connectivity index (χ0) is 53.8. The Labute approximate surface area is 469 Å². The fraction of sp³-hybridized carbons (Fsp3) is 0.0278. The van der Waals surface area contributed by atoms with Crippen molar-refractivity contribution in [3.63, 3.8) is 0 Å². The molecule has 0 aliphatic heterocycles. The molecule has 0 saturated heterocycles. The van der Waals surface area contributed by atoms with Crippen LogP contribution >= 0.6 is 0 Å². The number of rotatable bonds is 8. The molecule has 0 unspecified atom stereocenters. The van der Waals surface area contributed by atoms with E-state index in [9.17, 15) is 0 Å². The second-order valence-corrected chi connectivity index (χ2v) is 20.9. The highest BCUT2D eigenvalue weighted by molar-refractivity contribution is 6.31. The largest absolute Gasteiger partial charge is 0.305 e. The number of fused-ring (bicyclic) bond motifs is 15. The van der Waals surface area contributed by atoms with E-state index in [-0.39, 0.29) is 0 Å². The van der Waals surface area contributed by atoms with E-state index < -0.39 is 0 Å². The van der Waals surface area contributed by atoms with Crippen molar-refractivity contribution < 1.29 is 0 Å². The van der Waals surface area contributed by atoms with Crippen LogP contribution in [0.4, 0.5) is 0 Å². The van der Waals surface area contributed by atoms with Gasteiger partial charge in [-0.15, -0.1) is 0 Å². The van der Waals surface area contributed by atoms with Crippen LogP contribution in [0.5, 0.6) is 0 Å². The van der Waals surface area contributed by atoms with Gasteiger partial charge in [0.1, 0.15) is 0 Å². The predicted octanol–water partition coefficient (Wildman–Crippen LogP) is 17.2. The lowest BCUT2D eigenvalue weighted by Crippen LogP contribution is -2.09. The van der Waals surface area contributed by atoms with Crippen molar-refractivity contribution >= 4 is 92.8 Å². The fourth-order valence-corrected chi connectivity index (χ4v) is 12.7. The van der Waals surface area contributed by atoms with Crippen molar-refractivity contribution in [1.82, 2.24) is 48.2 Å². The third-order valence-electron chi connectivity index (χ3n) is 16.3. The van der Waals surface area contributed by atoms with E-state index in [0.717, 1.165) is 134 Å². The van der Waals surface area contributed by atoms with Crippen molar-refractivity contribution in [3.05, 3.63) is 261 Å². The van der Waals surface area contributed by atoms with E-state index in [1.807, 2.05) is 54.6 Å². The Bertz CT molecular complexity index is 5250. The molecule has 16 aromatic rings. The van der Waals surface area contributed by atoms with Gasteiger partial charge in [0.05, 0.1) is 44.1 Å². The molecule has 10 heteroatoms. The second-order valence-electron chi connectivity index (χ2n) is 20.9. The van der Waals surface area contributed by atoms with Gasteiger partial charge in [-0.2, -0.15) is 19.9 Å². The van der Waals surface area contributed by atoms with Crippen LogP contribution in [0.15, 0.2) is 255 Å². The van der Waals surface area contributed by atoms with E-state index in [1.54, 1.807) is 0 Å². The minimum absolute atomic E-state index is 0.530. The molecule has 0 fully saturated rings. The van der Waals surface area contributed by atoms with Crippen molar-refractivity contribution in [2.45, 2.75) is 12.8 Å². The Morgan fingerprint density at radius 2 is 0.573 bits per heavy atom. The van der Waals surface area contributed by atoms with Crippen LogP contribution in [-0.2, 0) is 0 Å². The summed E-state index contributed by atoms with van der Waals surface area (Å²) < 4.78 is 9.53. The molecule has 6 aromatic heterocycles. The first-order valence-electron chi connectivity index (χ1n) is 27.8. The third kappa shape index (κ3) is 6.94. The Morgan fingerprint density at radius 1 is 0.256 bits per heavy atom. The summed E-state index contributed by atoms with van der Waals surface area (Å²) in [5, 5.41) is 8.79. The number of para-hydroxylation sites is 4. The van der Waals surface area contributed by atoms with Gasteiger partial charge in [-0.25, -0.2) is 9.97 Å². The van der Waals surface area contributed by atoms with Gasteiger partial charge in [0.2, 0.25) is 11.9 Å². The summed E-state index contributed by atoms with van der Waals surface area (Å²) in [5.41, 5.74) is 14.0. The van der Waals surface area contributed by atoms with E-state index in [2.05, 4.69) is 218 Å². The molecule has 384 valence electrons. The van der Waals surface area contributed by atoms with Crippen molar-refractivity contribution in [1.29, 1.82) is 0 Å². The van der Waals surface area contributed by atoms with Crippen LogP contribution in [0.1, 0.15) is 18.7 Å². The smallest absolute Gasteiger partial charge is 0.238 e. The zero-order valence-corrected chi connectivity index (χ0v) is 44.1. The molecule has 10 nitrogen and oxygen atoms in total. The molecule has 1 aliphatic rings. The van der Waals surface area contributed by atoms with E-state index in [4.69, 9.17) is 29.9 Å². The lowest BCUT2D eigenvalue weighted by Gasteiger charge is -2.15. The molecule has 0 saturated carbocycles. The maximum Gasteiger partial charge on any atom is 0.238 e. The molecular weight excluding hydrogens is 1000 g/mol. The maximum atomic E-state index is 5.44. The summed E-state index contributed by atoms with van der Waals surface area (Å²) in [6.45, 7) is 0. The van der Waals surface area contributed by atoms with Crippen molar-refractivity contribution in [3.8, 4) is 57.4 Å².